The third-order valence-corrected chi connectivity index (χ3v) is 5.26. The highest BCUT2D eigenvalue weighted by Gasteiger charge is 2.49. The lowest BCUT2D eigenvalue weighted by Gasteiger charge is -2.28. The standard InChI is InChI=1S/C21H38O7/c1-2-3-4-5-6-7-8-9-10-11-12-13-14-15-17(19(24)25)21(28,20(26)27)16-18(22)23/h17,28H,2-16H2,1H3,(H,22,23)(H,24,25)(H,26,27). The fourth-order valence-electron chi connectivity index (χ4n) is 3.51. The van der Waals surface area contributed by atoms with E-state index in [2.05, 4.69) is 6.92 Å². The lowest BCUT2D eigenvalue weighted by atomic mass is 9.81. The predicted molar refractivity (Wildman–Crippen MR) is 106 cm³/mol. The lowest BCUT2D eigenvalue weighted by molar-refractivity contribution is -0.179. The normalized spacial score (nSPS) is 14.4. The summed E-state index contributed by atoms with van der Waals surface area (Å²) < 4.78 is 0. The minimum absolute atomic E-state index is 0.0524. The van der Waals surface area contributed by atoms with E-state index in [1.807, 2.05) is 0 Å². The van der Waals surface area contributed by atoms with Crippen LogP contribution in [0, 0.1) is 5.92 Å². The number of rotatable bonds is 19. The van der Waals surface area contributed by atoms with Gasteiger partial charge in [-0.05, 0) is 6.42 Å². The molecule has 0 aromatic carbocycles. The van der Waals surface area contributed by atoms with E-state index >= 15 is 0 Å². The third-order valence-electron chi connectivity index (χ3n) is 5.26. The minimum Gasteiger partial charge on any atom is -0.481 e. The molecule has 0 spiro atoms. The summed E-state index contributed by atoms with van der Waals surface area (Å²) in [5.74, 6) is -6.46. The third kappa shape index (κ3) is 11.3. The van der Waals surface area contributed by atoms with Crippen molar-refractivity contribution in [1.29, 1.82) is 0 Å². The highest BCUT2D eigenvalue weighted by atomic mass is 16.4. The van der Waals surface area contributed by atoms with Crippen LogP contribution < -0.4 is 0 Å². The van der Waals surface area contributed by atoms with E-state index < -0.39 is 35.8 Å². The summed E-state index contributed by atoms with van der Waals surface area (Å²) in [6, 6.07) is 0. The highest BCUT2D eigenvalue weighted by molar-refractivity contribution is 5.89. The molecule has 0 aliphatic rings. The van der Waals surface area contributed by atoms with E-state index in [-0.39, 0.29) is 6.42 Å². The fraction of sp³-hybridized carbons (Fsp3) is 0.857. The van der Waals surface area contributed by atoms with Crippen molar-refractivity contribution in [3.8, 4) is 0 Å². The average Bonchev–Trinajstić information content (AvgIpc) is 2.60. The molecule has 0 aromatic rings. The molecule has 0 saturated heterocycles. The first kappa shape index (κ1) is 26.4. The van der Waals surface area contributed by atoms with E-state index in [1.54, 1.807) is 0 Å². The van der Waals surface area contributed by atoms with Gasteiger partial charge in [0.05, 0.1) is 12.3 Å². The first-order chi connectivity index (χ1) is 13.3. The summed E-state index contributed by atoms with van der Waals surface area (Å²) in [6.45, 7) is 2.21. The van der Waals surface area contributed by atoms with Crippen molar-refractivity contribution in [1.82, 2.24) is 0 Å². The molecule has 0 fully saturated rings. The molecule has 2 unspecified atom stereocenters. The second-order valence-corrected chi connectivity index (χ2v) is 7.72. The summed E-state index contributed by atoms with van der Waals surface area (Å²) in [4.78, 5) is 33.4. The van der Waals surface area contributed by atoms with Crippen molar-refractivity contribution in [3.63, 3.8) is 0 Å². The van der Waals surface area contributed by atoms with Crippen LogP contribution in [0.3, 0.4) is 0 Å². The number of hydrogen-bond acceptors (Lipinski definition) is 4. The first-order valence-electron chi connectivity index (χ1n) is 10.7. The Morgan fingerprint density at radius 2 is 1.11 bits per heavy atom. The summed E-state index contributed by atoms with van der Waals surface area (Å²) >= 11 is 0. The zero-order valence-electron chi connectivity index (χ0n) is 17.2. The van der Waals surface area contributed by atoms with Crippen LogP contribution in [0.5, 0.6) is 0 Å². The lowest BCUT2D eigenvalue weighted by Crippen LogP contribution is -2.50. The van der Waals surface area contributed by atoms with Crippen LogP contribution in [0.15, 0.2) is 0 Å². The Balaban J connectivity index is 3.98. The van der Waals surface area contributed by atoms with Gasteiger partial charge in [-0.3, -0.25) is 9.59 Å². The second kappa shape index (κ2) is 15.3. The first-order valence-corrected chi connectivity index (χ1v) is 10.7. The van der Waals surface area contributed by atoms with Crippen LogP contribution in [0.1, 0.15) is 103 Å². The zero-order valence-corrected chi connectivity index (χ0v) is 17.2. The molecule has 0 amide bonds. The number of carboxylic acid groups (broad SMARTS) is 3. The molecule has 0 aliphatic carbocycles. The van der Waals surface area contributed by atoms with Crippen LogP contribution >= 0.6 is 0 Å². The Hall–Kier alpha value is -1.63. The molecule has 0 rings (SSSR count). The molecule has 2 atom stereocenters. The molecular weight excluding hydrogens is 364 g/mol. The Morgan fingerprint density at radius 3 is 1.43 bits per heavy atom. The second-order valence-electron chi connectivity index (χ2n) is 7.72. The number of carboxylic acids is 3. The van der Waals surface area contributed by atoms with Crippen molar-refractivity contribution >= 4 is 17.9 Å². The smallest absolute Gasteiger partial charge is 0.337 e. The van der Waals surface area contributed by atoms with E-state index in [0.29, 0.717) is 6.42 Å². The number of carbonyl (C=O) groups is 3. The quantitative estimate of drug-likeness (QED) is 0.234. The summed E-state index contributed by atoms with van der Waals surface area (Å²) in [6.07, 6.45) is 13.4. The SMILES string of the molecule is CCCCCCCCCCCCCCCC(C(=O)O)C(O)(CC(=O)O)C(=O)O. The largest absolute Gasteiger partial charge is 0.481 e. The molecule has 0 aromatic heterocycles. The van der Waals surface area contributed by atoms with E-state index in [0.717, 1.165) is 25.7 Å². The van der Waals surface area contributed by atoms with Crippen molar-refractivity contribution in [2.45, 2.75) is 109 Å². The molecule has 164 valence electrons. The number of aliphatic hydroxyl groups is 1. The molecule has 28 heavy (non-hydrogen) atoms. The molecule has 0 heterocycles. The Bertz CT molecular complexity index is 464. The molecule has 4 N–H and O–H groups in total. The summed E-state index contributed by atoms with van der Waals surface area (Å²) in [7, 11) is 0. The Kier molecular flexibility index (Phi) is 14.4. The van der Waals surface area contributed by atoms with Crippen molar-refractivity contribution in [3.05, 3.63) is 0 Å². The van der Waals surface area contributed by atoms with Crippen LogP contribution in [0.25, 0.3) is 0 Å². The number of unbranched alkanes of at least 4 members (excludes halogenated alkanes) is 12. The fourth-order valence-corrected chi connectivity index (χ4v) is 3.51. The topological polar surface area (TPSA) is 132 Å². The molecule has 0 radical (unpaired) electrons. The highest BCUT2D eigenvalue weighted by Crippen LogP contribution is 2.28. The maximum absolute atomic E-state index is 11.4. The van der Waals surface area contributed by atoms with Crippen molar-refractivity contribution in [2.24, 2.45) is 5.92 Å². The Labute approximate surface area is 168 Å². The summed E-state index contributed by atoms with van der Waals surface area (Å²) in [5, 5.41) is 37.3. The van der Waals surface area contributed by atoms with Gasteiger partial charge in [-0.1, -0.05) is 90.4 Å². The van der Waals surface area contributed by atoms with Gasteiger partial charge >= 0.3 is 17.9 Å². The van der Waals surface area contributed by atoms with Crippen molar-refractivity contribution in [2.75, 3.05) is 0 Å². The predicted octanol–water partition coefficient (Wildman–Crippen LogP) is 4.46. The number of hydrogen-bond donors (Lipinski definition) is 4. The van der Waals surface area contributed by atoms with Gasteiger partial charge in [0.15, 0.2) is 5.60 Å². The minimum atomic E-state index is -2.78. The molecular formula is C21H38O7. The van der Waals surface area contributed by atoms with Gasteiger partial charge in [-0.15, -0.1) is 0 Å². The van der Waals surface area contributed by atoms with Gasteiger partial charge < -0.3 is 20.4 Å². The molecule has 7 nitrogen and oxygen atoms in total. The van der Waals surface area contributed by atoms with Crippen LogP contribution in [0.2, 0.25) is 0 Å². The molecule has 0 aliphatic heterocycles. The van der Waals surface area contributed by atoms with Crippen LogP contribution in [0.4, 0.5) is 0 Å². The molecule has 7 heteroatoms. The monoisotopic (exact) mass is 402 g/mol. The average molecular weight is 403 g/mol. The zero-order chi connectivity index (χ0) is 21.4. The van der Waals surface area contributed by atoms with Gasteiger partial charge in [0.2, 0.25) is 0 Å². The molecule has 0 bridgehead atoms. The van der Waals surface area contributed by atoms with Gasteiger partial charge in [0, 0.05) is 0 Å². The van der Waals surface area contributed by atoms with Gasteiger partial charge in [-0.2, -0.15) is 0 Å². The van der Waals surface area contributed by atoms with Crippen LogP contribution in [-0.2, 0) is 14.4 Å². The van der Waals surface area contributed by atoms with E-state index in [1.165, 1.54) is 51.4 Å². The van der Waals surface area contributed by atoms with E-state index in [9.17, 15) is 24.6 Å². The van der Waals surface area contributed by atoms with Gasteiger partial charge in [0.1, 0.15) is 0 Å². The van der Waals surface area contributed by atoms with Crippen LogP contribution in [-0.4, -0.2) is 43.9 Å². The molecule has 0 saturated carbocycles. The maximum Gasteiger partial charge on any atom is 0.337 e. The number of aliphatic carboxylic acids is 3. The van der Waals surface area contributed by atoms with Crippen molar-refractivity contribution < 1.29 is 34.8 Å². The maximum atomic E-state index is 11.4. The van der Waals surface area contributed by atoms with Gasteiger partial charge in [0.25, 0.3) is 0 Å². The van der Waals surface area contributed by atoms with E-state index in [4.69, 9.17) is 10.2 Å². The summed E-state index contributed by atoms with van der Waals surface area (Å²) in [5.41, 5.74) is -2.78. The van der Waals surface area contributed by atoms with Gasteiger partial charge in [-0.25, -0.2) is 4.79 Å². The Morgan fingerprint density at radius 1 is 0.714 bits per heavy atom.